The molecular formula is C18H15F2N3O2S2. The van der Waals surface area contributed by atoms with Crippen molar-refractivity contribution in [2.75, 3.05) is 12.4 Å². The fraction of sp³-hybridized carbons (Fsp3) is 0.167. The van der Waals surface area contributed by atoms with Crippen molar-refractivity contribution in [1.29, 1.82) is 0 Å². The second-order valence-corrected chi connectivity index (χ2v) is 8.02. The van der Waals surface area contributed by atoms with Crippen LogP contribution in [0.1, 0.15) is 17.3 Å². The Labute approximate surface area is 162 Å². The molecule has 1 unspecified atom stereocenters. The highest BCUT2D eigenvalue weighted by molar-refractivity contribution is 8.02. The summed E-state index contributed by atoms with van der Waals surface area (Å²) in [5.74, 6) is -1.67. The summed E-state index contributed by atoms with van der Waals surface area (Å²) < 4.78 is 32.2. The number of methoxy groups -OCH3 is 1. The van der Waals surface area contributed by atoms with Gasteiger partial charge in [-0.2, -0.15) is 0 Å². The molecule has 140 valence electrons. The lowest BCUT2D eigenvalue weighted by molar-refractivity contribution is 0.0993. The quantitative estimate of drug-likeness (QED) is 0.442. The molecule has 2 aromatic carbocycles. The molecule has 0 aliphatic rings. The van der Waals surface area contributed by atoms with E-state index in [1.807, 2.05) is 24.3 Å². The molecule has 0 aliphatic heterocycles. The first kappa shape index (κ1) is 19.2. The van der Waals surface area contributed by atoms with E-state index in [0.29, 0.717) is 15.2 Å². The van der Waals surface area contributed by atoms with E-state index in [1.54, 1.807) is 14.0 Å². The zero-order chi connectivity index (χ0) is 19.4. The maximum absolute atomic E-state index is 13.3. The summed E-state index contributed by atoms with van der Waals surface area (Å²) in [6.07, 6.45) is 0. The monoisotopic (exact) mass is 407 g/mol. The maximum Gasteiger partial charge on any atom is 0.210 e. The smallest absolute Gasteiger partial charge is 0.210 e. The summed E-state index contributed by atoms with van der Waals surface area (Å²) in [6.45, 7) is 1.68. The minimum Gasteiger partial charge on any atom is -0.495 e. The topological polar surface area (TPSA) is 64.1 Å². The van der Waals surface area contributed by atoms with Gasteiger partial charge in [-0.1, -0.05) is 35.2 Å². The predicted octanol–water partition coefficient (Wildman–Crippen LogP) is 4.93. The van der Waals surface area contributed by atoms with E-state index in [2.05, 4.69) is 15.5 Å². The molecule has 0 amide bonds. The van der Waals surface area contributed by atoms with Crippen molar-refractivity contribution >= 4 is 39.7 Å². The van der Waals surface area contributed by atoms with Gasteiger partial charge in [-0.3, -0.25) is 4.79 Å². The number of ketones is 1. The minimum atomic E-state index is -1.04. The number of aromatic nitrogens is 2. The molecule has 1 aromatic heterocycles. The molecule has 0 radical (unpaired) electrons. The van der Waals surface area contributed by atoms with E-state index in [1.165, 1.54) is 29.2 Å². The van der Waals surface area contributed by atoms with E-state index in [4.69, 9.17) is 4.74 Å². The molecule has 1 heterocycles. The number of nitrogens with zero attached hydrogens (tertiary/aromatic N) is 2. The molecule has 0 bridgehead atoms. The van der Waals surface area contributed by atoms with E-state index >= 15 is 0 Å². The highest BCUT2D eigenvalue weighted by Crippen LogP contribution is 2.33. The highest BCUT2D eigenvalue weighted by atomic mass is 32.2. The van der Waals surface area contributed by atoms with Crippen molar-refractivity contribution < 1.29 is 18.3 Å². The summed E-state index contributed by atoms with van der Waals surface area (Å²) in [7, 11) is 1.58. The van der Waals surface area contributed by atoms with Crippen LogP contribution in [0.4, 0.5) is 19.6 Å². The Morgan fingerprint density at radius 3 is 2.70 bits per heavy atom. The number of anilines is 2. The Hall–Kier alpha value is -2.52. The van der Waals surface area contributed by atoms with Crippen LogP contribution in [-0.4, -0.2) is 28.3 Å². The van der Waals surface area contributed by atoms with Crippen LogP contribution in [0.2, 0.25) is 0 Å². The van der Waals surface area contributed by atoms with E-state index in [9.17, 15) is 13.6 Å². The third-order valence-electron chi connectivity index (χ3n) is 3.61. The number of para-hydroxylation sites is 2. The van der Waals surface area contributed by atoms with Crippen molar-refractivity contribution in [2.45, 2.75) is 16.5 Å². The summed E-state index contributed by atoms with van der Waals surface area (Å²) >= 11 is 2.49. The Balaban J connectivity index is 1.67. The first-order valence-electron chi connectivity index (χ1n) is 7.87. The minimum absolute atomic E-state index is 0.116. The Kier molecular flexibility index (Phi) is 6.02. The first-order valence-corrected chi connectivity index (χ1v) is 9.57. The number of thioether (sulfide) groups is 1. The number of nitrogens with one attached hydrogen (secondary N) is 1. The number of carbonyl (C=O) groups is 1. The number of carbonyl (C=O) groups excluding carboxylic acids is 1. The summed E-state index contributed by atoms with van der Waals surface area (Å²) in [5.41, 5.74) is 0.865. The van der Waals surface area contributed by atoms with Crippen molar-refractivity contribution in [3.63, 3.8) is 0 Å². The lowest BCUT2D eigenvalue weighted by Gasteiger charge is -2.08. The van der Waals surface area contributed by atoms with E-state index in [0.717, 1.165) is 17.8 Å². The Morgan fingerprint density at radius 2 is 1.96 bits per heavy atom. The largest absolute Gasteiger partial charge is 0.495 e. The van der Waals surface area contributed by atoms with Crippen LogP contribution in [0.5, 0.6) is 5.75 Å². The third kappa shape index (κ3) is 4.61. The van der Waals surface area contributed by atoms with Gasteiger partial charge in [-0.25, -0.2) is 8.78 Å². The molecule has 1 atom stereocenters. The fourth-order valence-electron chi connectivity index (χ4n) is 2.26. The van der Waals surface area contributed by atoms with Gasteiger partial charge < -0.3 is 10.1 Å². The van der Waals surface area contributed by atoms with Gasteiger partial charge >= 0.3 is 0 Å². The fourth-order valence-corrected chi connectivity index (χ4v) is 4.25. The van der Waals surface area contributed by atoms with Gasteiger partial charge in [0.05, 0.1) is 18.0 Å². The molecule has 9 heteroatoms. The van der Waals surface area contributed by atoms with Gasteiger partial charge in [0.25, 0.3) is 0 Å². The Bertz CT molecular complexity index is 965. The molecule has 0 spiro atoms. The average molecular weight is 407 g/mol. The SMILES string of the molecule is COc1ccccc1Nc1nnc(SC(C)C(=O)c2ccc(F)c(F)c2)s1. The van der Waals surface area contributed by atoms with Gasteiger partial charge in [0.1, 0.15) is 5.75 Å². The second kappa shape index (κ2) is 8.45. The summed E-state index contributed by atoms with van der Waals surface area (Å²) in [5, 5.41) is 11.3. The highest BCUT2D eigenvalue weighted by Gasteiger charge is 2.20. The van der Waals surface area contributed by atoms with E-state index in [-0.39, 0.29) is 11.3 Å². The third-order valence-corrected chi connectivity index (χ3v) is 5.63. The number of ether oxygens (including phenoxy) is 1. The zero-order valence-corrected chi connectivity index (χ0v) is 16.0. The van der Waals surface area contributed by atoms with Crippen LogP contribution < -0.4 is 10.1 Å². The molecule has 1 N–H and O–H groups in total. The molecule has 0 saturated carbocycles. The average Bonchev–Trinajstić information content (AvgIpc) is 3.10. The molecule has 0 fully saturated rings. The van der Waals surface area contributed by atoms with Crippen LogP contribution in [0.3, 0.4) is 0 Å². The molecule has 27 heavy (non-hydrogen) atoms. The van der Waals surface area contributed by atoms with Crippen LogP contribution in [0, 0.1) is 11.6 Å². The van der Waals surface area contributed by atoms with Crippen LogP contribution in [0.15, 0.2) is 46.8 Å². The maximum atomic E-state index is 13.3. The number of hydrogen-bond donors (Lipinski definition) is 1. The predicted molar refractivity (Wildman–Crippen MR) is 102 cm³/mol. The molecular weight excluding hydrogens is 392 g/mol. The number of halogens is 2. The number of benzene rings is 2. The van der Waals surface area contributed by atoms with Gasteiger partial charge in [0.2, 0.25) is 5.13 Å². The van der Waals surface area contributed by atoms with Gasteiger partial charge in [-0.15, -0.1) is 10.2 Å². The lowest BCUT2D eigenvalue weighted by atomic mass is 10.1. The number of hydrogen-bond acceptors (Lipinski definition) is 7. The first-order chi connectivity index (χ1) is 13.0. The number of rotatable bonds is 7. The van der Waals surface area contributed by atoms with Crippen molar-refractivity contribution in [3.05, 3.63) is 59.7 Å². The van der Waals surface area contributed by atoms with Crippen LogP contribution in [-0.2, 0) is 0 Å². The van der Waals surface area contributed by atoms with Crippen LogP contribution >= 0.6 is 23.1 Å². The standard InChI is InChI=1S/C18H15F2N3O2S2/c1-10(16(24)11-7-8-12(19)13(20)9-11)26-18-23-22-17(27-18)21-14-5-3-4-6-15(14)25-2/h3-10H,1-2H3,(H,21,22). The summed E-state index contributed by atoms with van der Waals surface area (Å²) in [4.78, 5) is 12.4. The lowest BCUT2D eigenvalue weighted by Crippen LogP contribution is -2.13. The van der Waals surface area contributed by atoms with Gasteiger partial charge in [-0.05, 0) is 37.3 Å². The van der Waals surface area contributed by atoms with Crippen molar-refractivity contribution in [1.82, 2.24) is 10.2 Å². The van der Waals surface area contributed by atoms with Crippen LogP contribution in [0.25, 0.3) is 0 Å². The van der Waals surface area contributed by atoms with Gasteiger partial charge in [0.15, 0.2) is 21.8 Å². The zero-order valence-electron chi connectivity index (χ0n) is 14.4. The van der Waals surface area contributed by atoms with Crippen molar-refractivity contribution in [2.24, 2.45) is 0 Å². The molecule has 3 aromatic rings. The normalized spacial score (nSPS) is 11.9. The van der Waals surface area contributed by atoms with E-state index < -0.39 is 16.9 Å². The second-order valence-electron chi connectivity index (χ2n) is 5.45. The summed E-state index contributed by atoms with van der Waals surface area (Å²) in [6, 6.07) is 10.5. The molecule has 5 nitrogen and oxygen atoms in total. The van der Waals surface area contributed by atoms with Crippen molar-refractivity contribution in [3.8, 4) is 5.75 Å². The molecule has 0 aliphatic carbocycles. The molecule has 0 saturated heterocycles. The molecule has 3 rings (SSSR count). The van der Waals surface area contributed by atoms with Gasteiger partial charge in [0, 0.05) is 5.56 Å². The number of Topliss-reactive ketones (excluding diaryl/α,β-unsaturated/α-hetero) is 1. The Morgan fingerprint density at radius 1 is 1.19 bits per heavy atom.